The van der Waals surface area contributed by atoms with Crippen LogP contribution in [0.4, 0.5) is 0 Å². The minimum Gasteiger partial charge on any atom is -0.464 e. The maximum absolute atomic E-state index is 12.3. The maximum Gasteiger partial charge on any atom is 0.276 e. The summed E-state index contributed by atoms with van der Waals surface area (Å²) in [6.45, 7) is 2.24. The van der Waals surface area contributed by atoms with Gasteiger partial charge in [-0.1, -0.05) is 5.16 Å². The number of aromatic nitrogens is 2. The summed E-state index contributed by atoms with van der Waals surface area (Å²) in [6, 6.07) is 8.97. The Kier molecular flexibility index (Phi) is 3.74. The lowest BCUT2D eigenvalue weighted by molar-refractivity contribution is 0.0764. The van der Waals surface area contributed by atoms with Gasteiger partial charge >= 0.3 is 0 Å². The molecule has 3 aromatic heterocycles. The summed E-state index contributed by atoms with van der Waals surface area (Å²) in [5, 5.41) is 3.84. The van der Waals surface area contributed by atoms with Crippen molar-refractivity contribution in [1.29, 1.82) is 0 Å². The molecule has 3 aromatic rings. The normalized spacial score (nSPS) is 10.6. The van der Waals surface area contributed by atoms with E-state index in [9.17, 15) is 4.79 Å². The van der Waals surface area contributed by atoms with Crippen LogP contribution in [0.25, 0.3) is 11.3 Å². The number of hydrogen-bond donors (Lipinski definition) is 0. The lowest BCUT2D eigenvalue weighted by atomic mass is 10.2. The third kappa shape index (κ3) is 2.90. The molecule has 3 heterocycles. The topological polar surface area (TPSA) is 72.4 Å². The molecule has 0 aromatic carbocycles. The molecule has 0 aliphatic rings. The number of rotatable bonds is 4. The predicted molar refractivity (Wildman–Crippen MR) is 79.0 cm³/mol. The van der Waals surface area contributed by atoms with Crippen LogP contribution in [0.3, 0.4) is 0 Å². The quantitative estimate of drug-likeness (QED) is 0.740. The van der Waals surface area contributed by atoms with Gasteiger partial charge in [-0.15, -0.1) is 0 Å². The van der Waals surface area contributed by atoms with E-state index >= 15 is 0 Å². The third-order valence-corrected chi connectivity index (χ3v) is 3.21. The second-order valence-corrected chi connectivity index (χ2v) is 4.99. The predicted octanol–water partition coefficient (Wildman–Crippen LogP) is 2.91. The van der Waals surface area contributed by atoms with Gasteiger partial charge in [0.1, 0.15) is 11.5 Å². The van der Waals surface area contributed by atoms with Crippen LogP contribution < -0.4 is 0 Å². The zero-order valence-electron chi connectivity index (χ0n) is 12.3. The number of furan rings is 1. The van der Waals surface area contributed by atoms with E-state index < -0.39 is 0 Å². The summed E-state index contributed by atoms with van der Waals surface area (Å²) in [5.41, 5.74) is 1.03. The summed E-state index contributed by atoms with van der Waals surface area (Å²) < 4.78 is 10.7. The van der Waals surface area contributed by atoms with Crippen LogP contribution in [0.15, 0.2) is 51.7 Å². The first kappa shape index (κ1) is 14.1. The molecule has 6 heteroatoms. The number of pyridine rings is 1. The highest BCUT2D eigenvalue weighted by Gasteiger charge is 2.18. The van der Waals surface area contributed by atoms with Crippen LogP contribution in [0.1, 0.15) is 22.0 Å². The Labute approximate surface area is 127 Å². The van der Waals surface area contributed by atoms with E-state index in [0.717, 1.165) is 17.1 Å². The number of carbonyl (C=O) groups excluding carboxylic acids is 1. The number of amides is 1. The molecule has 0 unspecified atom stereocenters. The zero-order valence-corrected chi connectivity index (χ0v) is 12.3. The average molecular weight is 297 g/mol. The smallest absolute Gasteiger partial charge is 0.276 e. The highest BCUT2D eigenvalue weighted by atomic mass is 16.5. The molecule has 22 heavy (non-hydrogen) atoms. The van der Waals surface area contributed by atoms with Crippen LogP contribution >= 0.6 is 0 Å². The van der Waals surface area contributed by atoms with Crippen molar-refractivity contribution in [3.63, 3.8) is 0 Å². The van der Waals surface area contributed by atoms with Crippen molar-refractivity contribution in [3.8, 4) is 11.3 Å². The molecule has 0 bridgehead atoms. The summed E-state index contributed by atoms with van der Waals surface area (Å²) in [7, 11) is 1.69. The lowest BCUT2D eigenvalue weighted by Crippen LogP contribution is -2.26. The van der Waals surface area contributed by atoms with Gasteiger partial charge in [-0.05, 0) is 31.2 Å². The van der Waals surface area contributed by atoms with Crippen LogP contribution in [0, 0.1) is 6.92 Å². The monoisotopic (exact) mass is 297 g/mol. The fraction of sp³-hybridized carbons (Fsp3) is 0.188. The fourth-order valence-corrected chi connectivity index (χ4v) is 2.09. The van der Waals surface area contributed by atoms with Crippen molar-refractivity contribution in [1.82, 2.24) is 15.0 Å². The molecule has 0 radical (unpaired) electrons. The number of hydrogen-bond acceptors (Lipinski definition) is 5. The van der Waals surface area contributed by atoms with Crippen molar-refractivity contribution >= 4 is 5.91 Å². The first-order chi connectivity index (χ1) is 10.6. The van der Waals surface area contributed by atoms with Crippen molar-refractivity contribution in [2.24, 2.45) is 0 Å². The van der Waals surface area contributed by atoms with E-state index in [2.05, 4.69) is 10.1 Å². The van der Waals surface area contributed by atoms with Crippen LogP contribution in [0.2, 0.25) is 0 Å². The lowest BCUT2D eigenvalue weighted by Gasteiger charge is -2.13. The number of aryl methyl sites for hydroxylation is 1. The molecule has 0 spiro atoms. The molecule has 6 nitrogen and oxygen atoms in total. The van der Waals surface area contributed by atoms with Gasteiger partial charge in [0.05, 0.1) is 6.54 Å². The summed E-state index contributed by atoms with van der Waals surface area (Å²) >= 11 is 0. The van der Waals surface area contributed by atoms with Crippen molar-refractivity contribution in [2.75, 3.05) is 7.05 Å². The Morgan fingerprint density at radius 3 is 2.86 bits per heavy atom. The second-order valence-electron chi connectivity index (χ2n) is 4.99. The molecule has 112 valence electrons. The SMILES string of the molecule is Cc1ccc(CN(C)C(=O)c2cc(-c3cccnc3)on2)o1. The van der Waals surface area contributed by atoms with Crippen molar-refractivity contribution in [2.45, 2.75) is 13.5 Å². The zero-order chi connectivity index (χ0) is 15.5. The minimum atomic E-state index is -0.229. The van der Waals surface area contributed by atoms with Crippen LogP contribution in [-0.4, -0.2) is 28.0 Å². The molecular formula is C16H15N3O3. The average Bonchev–Trinajstić information content (AvgIpc) is 3.17. The standard InChI is InChI=1S/C16H15N3O3/c1-11-5-6-13(21-11)10-19(2)16(20)14-8-15(22-18-14)12-4-3-7-17-9-12/h3-9H,10H2,1-2H3. The van der Waals surface area contributed by atoms with E-state index in [1.807, 2.05) is 25.1 Å². The Morgan fingerprint density at radius 1 is 1.32 bits per heavy atom. The van der Waals surface area contributed by atoms with Crippen LogP contribution in [0.5, 0.6) is 0 Å². The fourth-order valence-electron chi connectivity index (χ4n) is 2.09. The Balaban J connectivity index is 1.74. The summed E-state index contributed by atoms with van der Waals surface area (Å²) in [6.07, 6.45) is 3.33. The summed E-state index contributed by atoms with van der Waals surface area (Å²) in [4.78, 5) is 17.9. The molecule has 0 N–H and O–H groups in total. The first-order valence-corrected chi connectivity index (χ1v) is 6.81. The largest absolute Gasteiger partial charge is 0.464 e. The van der Waals surface area contributed by atoms with Gasteiger partial charge in [0.2, 0.25) is 0 Å². The molecule has 1 amide bonds. The molecule has 0 aliphatic heterocycles. The highest BCUT2D eigenvalue weighted by molar-refractivity contribution is 5.92. The summed E-state index contributed by atoms with van der Waals surface area (Å²) in [5.74, 6) is 1.83. The van der Waals surface area contributed by atoms with Crippen molar-refractivity contribution < 1.29 is 13.7 Å². The Morgan fingerprint density at radius 2 is 2.18 bits per heavy atom. The maximum atomic E-state index is 12.3. The van der Waals surface area contributed by atoms with E-state index in [0.29, 0.717) is 12.3 Å². The van der Waals surface area contributed by atoms with Gasteiger partial charge in [-0.2, -0.15) is 0 Å². The van der Waals surface area contributed by atoms with Crippen LogP contribution in [-0.2, 0) is 6.54 Å². The minimum absolute atomic E-state index is 0.229. The van der Waals surface area contributed by atoms with E-state index in [1.165, 1.54) is 4.90 Å². The number of nitrogens with zero attached hydrogens (tertiary/aromatic N) is 3. The molecule has 0 atom stereocenters. The highest BCUT2D eigenvalue weighted by Crippen LogP contribution is 2.20. The second kappa shape index (κ2) is 5.85. The third-order valence-electron chi connectivity index (χ3n) is 3.21. The van der Waals surface area contributed by atoms with Gasteiger partial charge in [-0.3, -0.25) is 9.78 Å². The van der Waals surface area contributed by atoms with Gasteiger partial charge in [0.25, 0.3) is 5.91 Å². The molecular weight excluding hydrogens is 282 g/mol. The van der Waals surface area contributed by atoms with Gasteiger partial charge in [0.15, 0.2) is 11.5 Å². The van der Waals surface area contributed by atoms with Gasteiger partial charge in [-0.25, -0.2) is 0 Å². The molecule has 0 saturated carbocycles. The van der Waals surface area contributed by atoms with Crippen molar-refractivity contribution in [3.05, 3.63) is 59.9 Å². The Bertz CT molecular complexity index is 777. The molecule has 3 rings (SSSR count). The molecule has 0 aliphatic carbocycles. The molecule has 0 saturated heterocycles. The van der Waals surface area contributed by atoms with E-state index in [-0.39, 0.29) is 11.6 Å². The van der Waals surface area contributed by atoms with Gasteiger partial charge < -0.3 is 13.8 Å². The molecule has 0 fully saturated rings. The van der Waals surface area contributed by atoms with E-state index in [1.54, 1.807) is 31.6 Å². The Hall–Kier alpha value is -2.89. The number of carbonyl (C=O) groups is 1. The first-order valence-electron chi connectivity index (χ1n) is 6.81. The van der Waals surface area contributed by atoms with E-state index in [4.69, 9.17) is 8.94 Å². The van der Waals surface area contributed by atoms with Gasteiger partial charge in [0, 0.05) is 31.1 Å².